The van der Waals surface area contributed by atoms with Crippen LogP contribution in [-0.4, -0.2) is 59.5 Å². The number of ether oxygens (including phenoxy) is 1. The highest BCUT2D eigenvalue weighted by Crippen LogP contribution is 2.37. The van der Waals surface area contributed by atoms with Crippen LogP contribution < -0.4 is 0 Å². The summed E-state index contributed by atoms with van der Waals surface area (Å²) in [6.45, 7) is 2.93. The summed E-state index contributed by atoms with van der Waals surface area (Å²) in [6.07, 6.45) is 4.30. The lowest BCUT2D eigenvalue weighted by atomic mass is 9.89. The van der Waals surface area contributed by atoms with Gasteiger partial charge in [-0.25, -0.2) is 0 Å². The summed E-state index contributed by atoms with van der Waals surface area (Å²) in [5.74, 6) is 0.364. The number of amides is 2. The molecule has 24 heavy (non-hydrogen) atoms. The van der Waals surface area contributed by atoms with Crippen molar-refractivity contribution in [2.75, 3.05) is 26.2 Å². The third-order valence-corrected chi connectivity index (χ3v) is 5.64. The van der Waals surface area contributed by atoms with Gasteiger partial charge in [0, 0.05) is 37.7 Å². The van der Waals surface area contributed by atoms with Gasteiger partial charge in [0.15, 0.2) is 0 Å². The molecular weight excluding hydrogens is 304 g/mol. The van der Waals surface area contributed by atoms with E-state index in [4.69, 9.17) is 4.74 Å². The number of carbonyl (C=O) groups excluding carboxylic acids is 2. The molecule has 1 aromatic carbocycles. The predicted octanol–water partition coefficient (Wildman–Crippen LogP) is 2.07. The molecule has 1 spiro atoms. The van der Waals surface area contributed by atoms with Crippen molar-refractivity contribution in [3.63, 3.8) is 0 Å². The van der Waals surface area contributed by atoms with Crippen LogP contribution in [0.15, 0.2) is 30.3 Å². The maximum absolute atomic E-state index is 12.7. The van der Waals surface area contributed by atoms with Crippen molar-refractivity contribution >= 4 is 11.8 Å². The minimum absolute atomic E-state index is 0.0791. The Morgan fingerprint density at radius 1 is 1.21 bits per heavy atom. The van der Waals surface area contributed by atoms with Crippen LogP contribution in [0.4, 0.5) is 0 Å². The lowest BCUT2D eigenvalue weighted by Crippen LogP contribution is -2.50. The van der Waals surface area contributed by atoms with Gasteiger partial charge in [0.1, 0.15) is 0 Å². The molecule has 4 rings (SSSR count). The van der Waals surface area contributed by atoms with Crippen LogP contribution in [0, 0.1) is 0 Å². The van der Waals surface area contributed by atoms with Crippen molar-refractivity contribution in [1.82, 2.24) is 9.80 Å². The van der Waals surface area contributed by atoms with Gasteiger partial charge in [-0.2, -0.15) is 0 Å². The summed E-state index contributed by atoms with van der Waals surface area (Å²) < 4.78 is 6.14. The van der Waals surface area contributed by atoms with Crippen LogP contribution in [0.2, 0.25) is 0 Å². The molecule has 5 nitrogen and oxygen atoms in total. The quantitative estimate of drug-likeness (QED) is 0.835. The molecule has 0 bridgehead atoms. The highest BCUT2D eigenvalue weighted by atomic mass is 16.5. The largest absolute Gasteiger partial charge is 0.373 e. The molecule has 0 aliphatic carbocycles. The number of hydrogen-bond acceptors (Lipinski definition) is 3. The van der Waals surface area contributed by atoms with E-state index in [2.05, 4.69) is 0 Å². The first-order valence-electron chi connectivity index (χ1n) is 8.95. The first-order valence-corrected chi connectivity index (χ1v) is 8.95. The average Bonchev–Trinajstić information content (AvgIpc) is 3.22. The lowest BCUT2D eigenvalue weighted by Gasteiger charge is -2.41. The molecule has 3 aliphatic rings. The minimum Gasteiger partial charge on any atom is -0.373 e. The van der Waals surface area contributed by atoms with Crippen LogP contribution in [0.1, 0.15) is 42.5 Å². The number of carbonyl (C=O) groups is 2. The number of benzene rings is 1. The Balaban J connectivity index is 1.45. The van der Waals surface area contributed by atoms with Gasteiger partial charge in [-0.1, -0.05) is 18.2 Å². The fourth-order valence-electron chi connectivity index (χ4n) is 4.39. The maximum Gasteiger partial charge on any atom is 0.253 e. The zero-order valence-corrected chi connectivity index (χ0v) is 13.9. The molecule has 5 heteroatoms. The van der Waals surface area contributed by atoms with Crippen LogP contribution in [0.25, 0.3) is 0 Å². The highest BCUT2D eigenvalue weighted by Gasteiger charge is 2.46. The zero-order chi connectivity index (χ0) is 16.6. The van der Waals surface area contributed by atoms with E-state index in [9.17, 15) is 9.59 Å². The van der Waals surface area contributed by atoms with E-state index in [1.165, 1.54) is 0 Å². The second-order valence-corrected chi connectivity index (χ2v) is 7.21. The number of rotatable bonds is 2. The fourth-order valence-corrected chi connectivity index (χ4v) is 4.39. The molecule has 3 saturated heterocycles. The Bertz CT molecular complexity index is 633. The molecule has 3 fully saturated rings. The zero-order valence-electron chi connectivity index (χ0n) is 13.9. The molecule has 0 radical (unpaired) electrons. The molecule has 2 amide bonds. The van der Waals surface area contributed by atoms with Crippen molar-refractivity contribution in [2.24, 2.45) is 0 Å². The third-order valence-electron chi connectivity index (χ3n) is 5.64. The van der Waals surface area contributed by atoms with Crippen LogP contribution in [0.5, 0.6) is 0 Å². The fraction of sp³-hybridized carbons (Fsp3) is 0.579. The van der Waals surface area contributed by atoms with Crippen molar-refractivity contribution in [3.05, 3.63) is 35.9 Å². The summed E-state index contributed by atoms with van der Waals surface area (Å²) in [5.41, 5.74) is 0.465. The normalized spacial score (nSPS) is 30.3. The number of hydrogen-bond donors (Lipinski definition) is 0. The Morgan fingerprint density at radius 2 is 2.04 bits per heavy atom. The summed E-state index contributed by atoms with van der Waals surface area (Å²) in [4.78, 5) is 28.7. The smallest absolute Gasteiger partial charge is 0.253 e. The van der Waals surface area contributed by atoms with E-state index in [1.807, 2.05) is 40.1 Å². The summed E-state index contributed by atoms with van der Waals surface area (Å²) in [6, 6.07) is 9.71. The summed E-state index contributed by atoms with van der Waals surface area (Å²) >= 11 is 0. The first kappa shape index (κ1) is 15.6. The molecule has 128 valence electrons. The predicted molar refractivity (Wildman–Crippen MR) is 89.6 cm³/mol. The molecule has 0 aromatic heterocycles. The monoisotopic (exact) mass is 328 g/mol. The number of nitrogens with zero attached hydrogens (tertiary/aromatic N) is 2. The first-order chi connectivity index (χ1) is 11.7. The van der Waals surface area contributed by atoms with E-state index < -0.39 is 0 Å². The Hall–Kier alpha value is -1.88. The van der Waals surface area contributed by atoms with Gasteiger partial charge in [-0.05, 0) is 37.8 Å². The van der Waals surface area contributed by atoms with E-state index >= 15 is 0 Å². The van der Waals surface area contributed by atoms with Gasteiger partial charge in [0.05, 0.1) is 12.1 Å². The van der Waals surface area contributed by atoms with E-state index in [0.717, 1.165) is 44.3 Å². The third kappa shape index (κ3) is 2.81. The van der Waals surface area contributed by atoms with Gasteiger partial charge < -0.3 is 14.5 Å². The van der Waals surface area contributed by atoms with Crippen molar-refractivity contribution in [1.29, 1.82) is 0 Å². The average molecular weight is 328 g/mol. The molecule has 0 unspecified atom stereocenters. The Kier molecular flexibility index (Phi) is 4.04. The van der Waals surface area contributed by atoms with E-state index in [0.29, 0.717) is 19.6 Å². The molecule has 3 heterocycles. The maximum atomic E-state index is 12.7. The lowest BCUT2D eigenvalue weighted by molar-refractivity contribution is -0.137. The molecule has 2 atom stereocenters. The molecule has 0 N–H and O–H groups in total. The second kappa shape index (κ2) is 6.20. The summed E-state index contributed by atoms with van der Waals surface area (Å²) in [7, 11) is 0. The molecule has 0 saturated carbocycles. The Morgan fingerprint density at radius 3 is 2.79 bits per heavy atom. The van der Waals surface area contributed by atoms with Gasteiger partial charge >= 0.3 is 0 Å². The van der Waals surface area contributed by atoms with Crippen LogP contribution in [-0.2, 0) is 9.53 Å². The van der Waals surface area contributed by atoms with Crippen LogP contribution in [0.3, 0.4) is 0 Å². The van der Waals surface area contributed by atoms with Crippen molar-refractivity contribution in [2.45, 2.75) is 43.7 Å². The molecular formula is C19H24N2O3. The Labute approximate surface area is 142 Å². The van der Waals surface area contributed by atoms with Gasteiger partial charge in [0.2, 0.25) is 5.91 Å². The number of likely N-dealkylation sites (tertiary alicyclic amines) is 2. The van der Waals surface area contributed by atoms with Crippen molar-refractivity contribution < 1.29 is 14.3 Å². The highest BCUT2D eigenvalue weighted by molar-refractivity contribution is 5.94. The van der Waals surface area contributed by atoms with Gasteiger partial charge in [-0.15, -0.1) is 0 Å². The van der Waals surface area contributed by atoms with Crippen LogP contribution >= 0.6 is 0 Å². The van der Waals surface area contributed by atoms with Gasteiger partial charge in [-0.3, -0.25) is 9.59 Å². The molecule has 3 aliphatic heterocycles. The minimum atomic E-state index is -0.268. The second-order valence-electron chi connectivity index (χ2n) is 7.21. The SMILES string of the molecule is O=C(c1ccccc1)N1CC[C@]2(C[C@H](N3CCCC3=O)CCO2)C1. The van der Waals surface area contributed by atoms with Crippen molar-refractivity contribution in [3.8, 4) is 0 Å². The standard InChI is InChI=1S/C19H24N2O3/c22-17-7-4-10-21(17)16-8-12-24-19(13-16)9-11-20(14-19)18(23)15-5-2-1-3-6-15/h1-3,5-6,16H,4,7-14H2/t16-,19+/m1/s1. The molecule has 1 aromatic rings. The van der Waals surface area contributed by atoms with Gasteiger partial charge in [0.25, 0.3) is 5.91 Å². The van der Waals surface area contributed by atoms with E-state index in [-0.39, 0.29) is 23.5 Å². The summed E-state index contributed by atoms with van der Waals surface area (Å²) in [5, 5.41) is 0. The topological polar surface area (TPSA) is 49.9 Å². The van der Waals surface area contributed by atoms with E-state index in [1.54, 1.807) is 0 Å².